The van der Waals surface area contributed by atoms with E-state index < -0.39 is 10.0 Å². The maximum Gasteiger partial charge on any atom is 0.254 e. The molecule has 2 heterocycles. The molecule has 0 aliphatic carbocycles. The van der Waals surface area contributed by atoms with E-state index in [1.165, 1.54) is 12.1 Å². The van der Waals surface area contributed by atoms with Gasteiger partial charge in [-0.05, 0) is 36.2 Å². The summed E-state index contributed by atoms with van der Waals surface area (Å²) in [5, 5.41) is 7.66. The fraction of sp³-hybridized carbons (Fsp3) is 0.222. The molecule has 1 aliphatic rings. The lowest BCUT2D eigenvalue weighted by molar-refractivity contribution is -0.113. The van der Waals surface area contributed by atoms with Gasteiger partial charge in [-0.15, -0.1) is 0 Å². The minimum atomic E-state index is -3.83. The number of hydrogen-bond donors (Lipinski definition) is 4. The van der Waals surface area contributed by atoms with Gasteiger partial charge in [0.25, 0.3) is 5.91 Å². The fourth-order valence-electron chi connectivity index (χ4n) is 3.00. The Bertz CT molecular complexity index is 1020. The predicted molar refractivity (Wildman–Crippen MR) is 106 cm³/mol. The van der Waals surface area contributed by atoms with Crippen molar-refractivity contribution in [2.75, 3.05) is 24.1 Å². The summed E-state index contributed by atoms with van der Waals surface area (Å²) in [6.45, 7) is 1.84. The van der Waals surface area contributed by atoms with Crippen LogP contribution in [0.2, 0.25) is 0 Å². The van der Waals surface area contributed by atoms with E-state index in [0.717, 1.165) is 11.8 Å². The monoisotopic (exact) mass is 402 g/mol. The minimum absolute atomic E-state index is 0.126. The molecule has 0 fully saturated rings. The summed E-state index contributed by atoms with van der Waals surface area (Å²) in [4.78, 5) is 18.4. The Morgan fingerprint density at radius 1 is 1.21 bits per heavy atom. The van der Waals surface area contributed by atoms with Gasteiger partial charge < -0.3 is 16.8 Å². The number of primary sulfonamides is 1. The van der Waals surface area contributed by atoms with E-state index in [4.69, 9.17) is 16.6 Å². The number of nitrogens with two attached hydrogens (primary N) is 3. The van der Waals surface area contributed by atoms with E-state index in [1.807, 2.05) is 24.3 Å². The first-order valence-corrected chi connectivity index (χ1v) is 10.1. The molecule has 1 aliphatic heterocycles. The Balaban J connectivity index is 1.64. The second-order valence-electron chi connectivity index (χ2n) is 6.59. The SMILES string of the molecule is NC1=C(C(=O)Nc2ccc(S(N)(=O)=O)cn2)CCN(Cc2cccc(N)c2)C1. The van der Waals surface area contributed by atoms with Crippen molar-refractivity contribution in [3.63, 3.8) is 0 Å². The van der Waals surface area contributed by atoms with Crippen LogP contribution in [-0.2, 0) is 21.4 Å². The molecular formula is C18H22N6O3S. The number of sulfonamides is 1. The molecule has 7 N–H and O–H groups in total. The van der Waals surface area contributed by atoms with Gasteiger partial charge in [0.05, 0.1) is 0 Å². The number of nitrogens with one attached hydrogen (secondary N) is 1. The molecule has 0 saturated carbocycles. The van der Waals surface area contributed by atoms with Crippen molar-refractivity contribution >= 4 is 27.4 Å². The molecule has 0 spiro atoms. The zero-order valence-electron chi connectivity index (χ0n) is 15.1. The quantitative estimate of drug-likeness (QED) is 0.526. The Kier molecular flexibility index (Phi) is 5.63. The molecular weight excluding hydrogens is 380 g/mol. The molecule has 0 bridgehead atoms. The van der Waals surface area contributed by atoms with Crippen molar-refractivity contribution in [1.82, 2.24) is 9.88 Å². The highest BCUT2D eigenvalue weighted by Crippen LogP contribution is 2.19. The van der Waals surface area contributed by atoms with Gasteiger partial charge in [-0.1, -0.05) is 12.1 Å². The maximum absolute atomic E-state index is 12.5. The van der Waals surface area contributed by atoms with Crippen LogP contribution in [0.15, 0.2) is 58.8 Å². The van der Waals surface area contributed by atoms with Crippen molar-refractivity contribution in [3.05, 3.63) is 59.4 Å². The number of pyridine rings is 1. The number of carbonyl (C=O) groups excluding carboxylic acids is 1. The maximum atomic E-state index is 12.5. The van der Waals surface area contributed by atoms with Crippen LogP contribution < -0.4 is 21.9 Å². The van der Waals surface area contributed by atoms with Crippen LogP contribution in [0.25, 0.3) is 0 Å². The van der Waals surface area contributed by atoms with Crippen molar-refractivity contribution in [2.45, 2.75) is 17.9 Å². The van der Waals surface area contributed by atoms with Crippen LogP contribution >= 0.6 is 0 Å². The number of nitrogens with zero attached hydrogens (tertiary/aromatic N) is 2. The molecule has 1 aromatic carbocycles. The Hall–Kier alpha value is -2.95. The molecule has 1 amide bonds. The van der Waals surface area contributed by atoms with Gasteiger partial charge in [-0.3, -0.25) is 9.69 Å². The van der Waals surface area contributed by atoms with Crippen LogP contribution in [-0.4, -0.2) is 37.3 Å². The standard InChI is InChI=1S/C18H22N6O3S/c19-13-3-1-2-12(8-13)10-24-7-6-15(16(20)11-24)18(25)23-17-5-4-14(9-22-17)28(21,26)27/h1-5,8-9H,6-7,10-11,19-20H2,(H2,21,26,27)(H,22,23,25). The summed E-state index contributed by atoms with van der Waals surface area (Å²) in [6, 6.07) is 10.3. The van der Waals surface area contributed by atoms with Crippen LogP contribution in [0, 0.1) is 0 Å². The summed E-state index contributed by atoms with van der Waals surface area (Å²) in [5.74, 6) is -0.128. The second kappa shape index (κ2) is 7.97. The van der Waals surface area contributed by atoms with Gasteiger partial charge in [-0.2, -0.15) is 0 Å². The third-order valence-electron chi connectivity index (χ3n) is 4.40. The van der Waals surface area contributed by atoms with Crippen LogP contribution in [0.4, 0.5) is 11.5 Å². The predicted octanol–water partition coefficient (Wildman–Crippen LogP) is 0.368. The molecule has 9 nitrogen and oxygen atoms in total. The van der Waals surface area contributed by atoms with E-state index in [2.05, 4.69) is 15.2 Å². The van der Waals surface area contributed by atoms with Gasteiger partial charge in [0.2, 0.25) is 10.0 Å². The number of hydrogen-bond acceptors (Lipinski definition) is 7. The summed E-state index contributed by atoms with van der Waals surface area (Å²) in [5.41, 5.74) is 14.7. The molecule has 0 radical (unpaired) electrons. The number of nitrogen functional groups attached to an aromatic ring is 1. The van der Waals surface area contributed by atoms with Crippen LogP contribution in [0.5, 0.6) is 0 Å². The van der Waals surface area contributed by atoms with Crippen molar-refractivity contribution in [1.29, 1.82) is 0 Å². The topological polar surface area (TPSA) is 157 Å². The van der Waals surface area contributed by atoms with Crippen molar-refractivity contribution < 1.29 is 13.2 Å². The molecule has 2 aromatic rings. The molecule has 10 heteroatoms. The van der Waals surface area contributed by atoms with Crippen LogP contribution in [0.3, 0.4) is 0 Å². The van der Waals surface area contributed by atoms with Gasteiger partial charge in [0.15, 0.2) is 0 Å². The molecule has 28 heavy (non-hydrogen) atoms. The number of benzene rings is 1. The summed E-state index contributed by atoms with van der Waals surface area (Å²) in [7, 11) is -3.83. The average molecular weight is 402 g/mol. The van der Waals surface area contributed by atoms with Crippen molar-refractivity contribution in [2.24, 2.45) is 10.9 Å². The number of rotatable bonds is 5. The van der Waals surface area contributed by atoms with E-state index in [9.17, 15) is 13.2 Å². The number of anilines is 2. The Morgan fingerprint density at radius 2 is 2.00 bits per heavy atom. The summed E-state index contributed by atoms with van der Waals surface area (Å²) >= 11 is 0. The highest BCUT2D eigenvalue weighted by Gasteiger charge is 2.22. The molecule has 0 atom stereocenters. The Labute approximate surface area is 163 Å². The lowest BCUT2D eigenvalue weighted by Gasteiger charge is -2.28. The molecule has 0 unspecified atom stereocenters. The third-order valence-corrected chi connectivity index (χ3v) is 5.30. The van der Waals surface area contributed by atoms with Gasteiger partial charge >= 0.3 is 0 Å². The van der Waals surface area contributed by atoms with Gasteiger partial charge in [-0.25, -0.2) is 18.5 Å². The lowest BCUT2D eigenvalue weighted by atomic mass is 10.0. The highest BCUT2D eigenvalue weighted by atomic mass is 32.2. The number of amides is 1. The normalized spacial score (nSPS) is 15.5. The van der Waals surface area contributed by atoms with Gasteiger partial charge in [0.1, 0.15) is 10.7 Å². The van der Waals surface area contributed by atoms with Crippen molar-refractivity contribution in [3.8, 4) is 0 Å². The zero-order chi connectivity index (χ0) is 20.3. The fourth-order valence-corrected chi connectivity index (χ4v) is 3.46. The molecule has 3 rings (SSSR count). The summed E-state index contributed by atoms with van der Waals surface area (Å²) in [6.07, 6.45) is 1.59. The third kappa shape index (κ3) is 4.85. The van der Waals surface area contributed by atoms with Gasteiger partial charge in [0, 0.05) is 42.8 Å². The van der Waals surface area contributed by atoms with E-state index >= 15 is 0 Å². The van der Waals surface area contributed by atoms with E-state index in [1.54, 1.807) is 0 Å². The smallest absolute Gasteiger partial charge is 0.254 e. The lowest BCUT2D eigenvalue weighted by Crippen LogP contribution is -2.36. The molecule has 148 valence electrons. The average Bonchev–Trinajstić information content (AvgIpc) is 2.61. The first kappa shape index (κ1) is 19.8. The van der Waals surface area contributed by atoms with Crippen LogP contribution in [0.1, 0.15) is 12.0 Å². The largest absolute Gasteiger partial charge is 0.401 e. The van der Waals surface area contributed by atoms with E-state index in [-0.39, 0.29) is 16.6 Å². The first-order valence-electron chi connectivity index (χ1n) is 8.57. The zero-order valence-corrected chi connectivity index (χ0v) is 15.9. The number of carbonyl (C=O) groups is 1. The number of aromatic nitrogens is 1. The second-order valence-corrected chi connectivity index (χ2v) is 8.15. The summed E-state index contributed by atoms with van der Waals surface area (Å²) < 4.78 is 22.5. The molecule has 0 saturated heterocycles. The van der Waals surface area contributed by atoms with E-state index in [0.29, 0.717) is 43.0 Å². The highest BCUT2D eigenvalue weighted by molar-refractivity contribution is 7.89. The molecule has 1 aromatic heterocycles. The minimum Gasteiger partial charge on any atom is -0.401 e. The first-order chi connectivity index (χ1) is 13.2. The Morgan fingerprint density at radius 3 is 2.61 bits per heavy atom.